The van der Waals surface area contributed by atoms with E-state index in [0.717, 1.165) is 10.6 Å². The summed E-state index contributed by atoms with van der Waals surface area (Å²) in [5.74, 6) is -0.945. The van der Waals surface area contributed by atoms with E-state index in [-0.39, 0.29) is 60.1 Å². The number of methoxy groups -OCH3 is 1. The fourth-order valence-corrected chi connectivity index (χ4v) is 3.52. The fourth-order valence-electron chi connectivity index (χ4n) is 3.52. The van der Waals surface area contributed by atoms with Gasteiger partial charge in [-0.2, -0.15) is 9.50 Å². The lowest BCUT2D eigenvalue weighted by molar-refractivity contribution is 0.146. The van der Waals surface area contributed by atoms with Crippen LogP contribution in [-0.2, 0) is 4.74 Å². The molecule has 0 radical (unpaired) electrons. The second kappa shape index (κ2) is 10.8. The Morgan fingerprint density at radius 1 is 1.17 bits per heavy atom. The molecule has 4 heterocycles. The third kappa shape index (κ3) is 5.34. The average Bonchev–Trinajstić information content (AvgIpc) is 3.66. The molecule has 1 fully saturated rings. The van der Waals surface area contributed by atoms with Gasteiger partial charge in [0.05, 0.1) is 25.1 Å². The van der Waals surface area contributed by atoms with Crippen LogP contribution in [0.5, 0.6) is 5.75 Å². The summed E-state index contributed by atoms with van der Waals surface area (Å²) in [6.07, 6.45) is 2.66. The quantitative estimate of drug-likeness (QED) is 0.337. The van der Waals surface area contributed by atoms with Crippen molar-refractivity contribution in [1.29, 1.82) is 0 Å². The Morgan fingerprint density at radius 2 is 2.03 bits per heavy atom. The van der Waals surface area contributed by atoms with Gasteiger partial charge in [-0.1, -0.05) is 0 Å². The number of oxazole rings is 1. The van der Waals surface area contributed by atoms with Crippen LogP contribution in [0.3, 0.4) is 0 Å². The Hall–Kier alpha value is -3.90. The van der Waals surface area contributed by atoms with Gasteiger partial charge in [-0.25, -0.2) is 9.97 Å². The number of ether oxygens (including phenoxy) is 2. The van der Waals surface area contributed by atoms with Crippen molar-refractivity contribution in [3.63, 3.8) is 0 Å². The van der Waals surface area contributed by atoms with Crippen molar-refractivity contribution in [3.05, 3.63) is 42.8 Å². The van der Waals surface area contributed by atoms with Crippen molar-refractivity contribution in [2.75, 3.05) is 81.8 Å². The van der Waals surface area contributed by atoms with Gasteiger partial charge in [-0.15, -0.1) is 5.10 Å². The number of benzene rings is 1. The molecule has 1 aromatic carbocycles. The summed E-state index contributed by atoms with van der Waals surface area (Å²) >= 11 is 0. The van der Waals surface area contributed by atoms with Crippen LogP contribution in [0.2, 0.25) is 0 Å². The first-order valence-electron chi connectivity index (χ1n) is 17.7. The molecule has 1 aliphatic heterocycles. The maximum absolute atomic E-state index is 8.86. The Labute approximate surface area is 228 Å². The van der Waals surface area contributed by atoms with Crippen molar-refractivity contribution in [3.8, 4) is 17.5 Å². The number of rotatable bonds is 10. The van der Waals surface area contributed by atoms with E-state index >= 15 is 0 Å². The maximum atomic E-state index is 8.86. The van der Waals surface area contributed by atoms with Crippen LogP contribution < -0.4 is 20.3 Å². The molecule has 0 bridgehead atoms. The van der Waals surface area contributed by atoms with Crippen molar-refractivity contribution < 1.29 is 33.1 Å². The zero-order chi connectivity index (χ0) is 37.1. The van der Waals surface area contributed by atoms with Gasteiger partial charge in [0.1, 0.15) is 24.4 Å². The minimum atomic E-state index is -3.32. The monoisotopic (exact) mass is 507 g/mol. The summed E-state index contributed by atoms with van der Waals surface area (Å²) < 4.78 is 128. The van der Waals surface area contributed by atoms with E-state index in [9.17, 15) is 0 Å². The topological polar surface area (TPSA) is 123 Å². The zero-order valence-corrected chi connectivity index (χ0v) is 18.7. The van der Waals surface area contributed by atoms with E-state index in [1.165, 1.54) is 41.6 Å². The summed E-state index contributed by atoms with van der Waals surface area (Å²) in [7, 11) is -3.21. The number of fused-ring (bicyclic) bond motifs is 1. The van der Waals surface area contributed by atoms with Gasteiger partial charge >= 0.3 is 0 Å². The molecule has 0 aliphatic carbocycles. The molecule has 1 saturated heterocycles. The standard InChI is InChI=1S/C24H31N9O3/c1-30(20-17-21-27-22(23-26-7-14-36-23)29-33(21)24(25)28-20)8-9-31-10-12-32(13-11-31)18-3-5-19(6-4-18)35-16-15-34-2/h3-7,14,17H,8-13,15-16H2,1-2H3,(H2,25,28)/i1D3,2D3,8D2,9D2,15D2,16D2. The summed E-state index contributed by atoms with van der Waals surface area (Å²) in [4.78, 5) is 15.4. The molecule has 0 spiro atoms. The second-order valence-corrected chi connectivity index (χ2v) is 7.45. The Kier molecular flexibility index (Phi) is 3.71. The fraction of sp³-hybridized carbons (Fsp3) is 0.417. The molecular weight excluding hydrogens is 462 g/mol. The number of likely N-dealkylation sites (N-methyl/N-ethyl adjacent to an activating group) is 1. The number of piperazine rings is 1. The third-order valence-corrected chi connectivity index (χ3v) is 5.25. The van der Waals surface area contributed by atoms with Crippen molar-refractivity contribution >= 4 is 23.1 Å². The van der Waals surface area contributed by atoms with Crippen LogP contribution in [-0.4, -0.2) is 95.8 Å². The molecule has 12 heteroatoms. The van der Waals surface area contributed by atoms with Gasteiger partial charge in [0.25, 0.3) is 5.89 Å². The van der Waals surface area contributed by atoms with E-state index in [1.54, 1.807) is 0 Å². The van der Waals surface area contributed by atoms with E-state index < -0.39 is 45.9 Å². The van der Waals surface area contributed by atoms with Crippen molar-refractivity contribution in [2.45, 2.75) is 0 Å². The molecule has 4 aromatic rings. The summed E-state index contributed by atoms with van der Waals surface area (Å²) in [6.45, 7) is -15.6. The lowest BCUT2D eigenvalue weighted by atomic mass is 10.2. The molecule has 12 nitrogen and oxygen atoms in total. The van der Waals surface area contributed by atoms with Gasteiger partial charge in [0.2, 0.25) is 11.8 Å². The maximum Gasteiger partial charge on any atom is 0.266 e. The molecule has 0 amide bonds. The summed E-state index contributed by atoms with van der Waals surface area (Å²) in [5.41, 5.74) is 6.60. The van der Waals surface area contributed by atoms with Crippen LogP contribution >= 0.6 is 0 Å². The molecule has 0 saturated carbocycles. The predicted molar refractivity (Wildman–Crippen MR) is 136 cm³/mol. The highest BCUT2D eigenvalue weighted by Gasteiger charge is 2.19. The van der Waals surface area contributed by atoms with Gasteiger partial charge in [0.15, 0.2) is 5.65 Å². The molecular formula is C24H31N9O3. The average molecular weight is 508 g/mol. The molecule has 1 aliphatic rings. The van der Waals surface area contributed by atoms with E-state index in [2.05, 4.69) is 24.8 Å². The van der Waals surface area contributed by atoms with Crippen molar-refractivity contribution in [1.82, 2.24) is 29.5 Å². The van der Waals surface area contributed by atoms with Crippen molar-refractivity contribution in [2.24, 2.45) is 0 Å². The van der Waals surface area contributed by atoms with Crippen LogP contribution in [0.25, 0.3) is 17.4 Å². The first-order valence-corrected chi connectivity index (χ1v) is 10.7. The van der Waals surface area contributed by atoms with Gasteiger partial charge in [0, 0.05) is 71.8 Å². The van der Waals surface area contributed by atoms with E-state index in [1.807, 2.05) is 4.90 Å². The lowest BCUT2D eigenvalue weighted by Gasteiger charge is -2.36. The number of anilines is 3. The second-order valence-electron chi connectivity index (χ2n) is 7.45. The molecule has 36 heavy (non-hydrogen) atoms. The SMILES string of the molecule is [2H]C([2H])([2H])OC([2H])([2H])C([2H])([2H])Oc1ccc(N2CCN(C([2H])([2H])C([2H])([2H])N(c3cc4nc(-c5ncco5)nn4c(N)n3)C([2H])([2H])[2H])CC2)cc1. The third-order valence-electron chi connectivity index (χ3n) is 5.25. The highest BCUT2D eigenvalue weighted by Crippen LogP contribution is 2.22. The number of nitrogen functional groups attached to an aromatic ring is 1. The van der Waals surface area contributed by atoms with Crippen LogP contribution in [0, 0.1) is 0 Å². The summed E-state index contributed by atoms with van der Waals surface area (Å²) in [6, 6.07) is 6.82. The molecule has 0 atom stereocenters. The molecule has 190 valence electrons. The minimum Gasteiger partial charge on any atom is -0.491 e. The Morgan fingerprint density at radius 3 is 2.78 bits per heavy atom. The number of aromatic nitrogens is 5. The number of nitrogens with two attached hydrogens (primary N) is 1. The van der Waals surface area contributed by atoms with E-state index in [0.29, 0.717) is 5.69 Å². The Balaban J connectivity index is 1.31. The largest absolute Gasteiger partial charge is 0.491 e. The van der Waals surface area contributed by atoms with Gasteiger partial charge in [-0.3, -0.25) is 4.90 Å². The van der Waals surface area contributed by atoms with Gasteiger partial charge in [-0.05, 0) is 24.3 Å². The number of hydrogen-bond donors (Lipinski definition) is 1. The summed E-state index contributed by atoms with van der Waals surface area (Å²) in [5, 5.41) is 4.13. The number of nitrogens with zero attached hydrogens (tertiary/aromatic N) is 8. The lowest BCUT2D eigenvalue weighted by Crippen LogP contribution is -2.48. The molecule has 2 N–H and O–H groups in total. The normalized spacial score (nSPS) is 22.5. The zero-order valence-electron chi connectivity index (χ0n) is 32.7. The van der Waals surface area contributed by atoms with Crippen LogP contribution in [0.1, 0.15) is 19.2 Å². The minimum absolute atomic E-state index is 0.00344. The first-order chi connectivity index (χ1) is 22.9. The molecule has 5 rings (SSSR count). The number of hydrogen-bond acceptors (Lipinski definition) is 11. The van der Waals surface area contributed by atoms with E-state index in [4.69, 9.17) is 34.1 Å². The Bertz CT molecular complexity index is 1790. The smallest absolute Gasteiger partial charge is 0.266 e. The molecule has 3 aromatic heterocycles. The van der Waals surface area contributed by atoms with Gasteiger partial charge < -0.3 is 29.4 Å². The van der Waals surface area contributed by atoms with Crippen LogP contribution in [0.4, 0.5) is 17.5 Å². The van der Waals surface area contributed by atoms with Crippen LogP contribution in [0.15, 0.2) is 47.2 Å². The molecule has 0 unspecified atom stereocenters. The highest BCUT2D eigenvalue weighted by molar-refractivity contribution is 5.58. The highest BCUT2D eigenvalue weighted by atomic mass is 16.5. The predicted octanol–water partition coefficient (Wildman–Crippen LogP) is 1.65. The first kappa shape index (κ1) is 12.4.